The van der Waals surface area contributed by atoms with Crippen molar-refractivity contribution in [3.63, 3.8) is 0 Å². The highest BCUT2D eigenvalue weighted by Gasteiger charge is 2.34. The van der Waals surface area contributed by atoms with Crippen molar-refractivity contribution in [1.82, 2.24) is 4.90 Å². The van der Waals surface area contributed by atoms with E-state index in [1.807, 2.05) is 43.3 Å². The Morgan fingerprint density at radius 2 is 1.72 bits per heavy atom. The summed E-state index contributed by atoms with van der Waals surface area (Å²) in [6.45, 7) is 8.26. The standard InChI is InChI=1S/C35H44N2O6/c1-3-40-24-28-10-13-30(14-11-28)31-16-18-37(35(38)43-25-27-8-5-4-6-9-27)23-34(31)42-26-29-12-15-33-32(22-29)36(19-21-41-33)17-7-20-39-2/h4-6,8-15,22,31,34H,3,7,16-21,23-26H2,1-2H3. The number of hydrogen-bond acceptors (Lipinski definition) is 7. The zero-order valence-corrected chi connectivity index (χ0v) is 25.4. The molecular weight excluding hydrogens is 544 g/mol. The van der Waals surface area contributed by atoms with Gasteiger partial charge < -0.3 is 33.5 Å². The van der Waals surface area contributed by atoms with Crippen LogP contribution < -0.4 is 9.64 Å². The van der Waals surface area contributed by atoms with E-state index in [9.17, 15) is 4.79 Å². The Morgan fingerprint density at radius 3 is 2.51 bits per heavy atom. The molecule has 0 N–H and O–H groups in total. The third kappa shape index (κ3) is 8.50. The molecule has 3 aromatic rings. The topological polar surface area (TPSA) is 69.7 Å². The predicted molar refractivity (Wildman–Crippen MR) is 167 cm³/mol. The number of carbonyl (C=O) groups excluding carboxylic acids is 1. The molecule has 2 aliphatic rings. The Kier molecular flexibility index (Phi) is 11.3. The van der Waals surface area contributed by atoms with Crippen LogP contribution >= 0.6 is 0 Å². The molecule has 1 saturated heterocycles. The van der Waals surface area contributed by atoms with E-state index in [1.165, 1.54) is 5.56 Å². The number of amides is 1. The number of nitrogens with zero attached hydrogens (tertiary/aromatic N) is 2. The minimum Gasteiger partial charge on any atom is -0.490 e. The number of likely N-dealkylation sites (tertiary alicyclic amines) is 1. The SMILES string of the molecule is CCOCc1ccc(C2CCN(C(=O)OCc3ccccc3)CC2OCc2ccc3c(c2)N(CCCOC)CCO3)cc1. The molecule has 0 saturated carbocycles. The van der Waals surface area contributed by atoms with Crippen molar-refractivity contribution < 1.29 is 28.5 Å². The fourth-order valence-electron chi connectivity index (χ4n) is 5.77. The molecule has 0 aliphatic carbocycles. The van der Waals surface area contributed by atoms with E-state index in [0.717, 1.165) is 60.7 Å². The Hall–Kier alpha value is -3.59. The Morgan fingerprint density at radius 1 is 0.930 bits per heavy atom. The molecule has 8 heteroatoms. The quantitative estimate of drug-likeness (QED) is 0.221. The molecule has 2 heterocycles. The summed E-state index contributed by atoms with van der Waals surface area (Å²) in [5.41, 5.74) is 5.51. The third-order valence-corrected chi connectivity index (χ3v) is 8.13. The van der Waals surface area contributed by atoms with E-state index in [4.69, 9.17) is 23.7 Å². The van der Waals surface area contributed by atoms with Crippen LogP contribution in [0.25, 0.3) is 0 Å². The predicted octanol–water partition coefficient (Wildman–Crippen LogP) is 6.17. The van der Waals surface area contributed by atoms with Gasteiger partial charge in [-0.05, 0) is 54.2 Å². The van der Waals surface area contributed by atoms with Crippen LogP contribution in [-0.4, -0.2) is 70.2 Å². The zero-order valence-electron chi connectivity index (χ0n) is 25.4. The van der Waals surface area contributed by atoms with Gasteiger partial charge in [-0.3, -0.25) is 0 Å². The van der Waals surface area contributed by atoms with Crippen molar-refractivity contribution in [1.29, 1.82) is 0 Å². The molecule has 3 aromatic carbocycles. The molecule has 1 amide bonds. The number of carbonyl (C=O) groups is 1. The molecule has 230 valence electrons. The smallest absolute Gasteiger partial charge is 0.410 e. The summed E-state index contributed by atoms with van der Waals surface area (Å²) in [4.78, 5) is 17.2. The third-order valence-electron chi connectivity index (χ3n) is 8.13. The highest BCUT2D eigenvalue weighted by Crippen LogP contribution is 2.35. The summed E-state index contributed by atoms with van der Waals surface area (Å²) >= 11 is 0. The van der Waals surface area contributed by atoms with Crippen LogP contribution in [0, 0.1) is 0 Å². The molecule has 2 atom stereocenters. The number of hydrogen-bond donors (Lipinski definition) is 0. The number of methoxy groups -OCH3 is 1. The molecule has 43 heavy (non-hydrogen) atoms. The van der Waals surface area contributed by atoms with Crippen molar-refractivity contribution in [2.75, 3.05) is 58.0 Å². The minimum atomic E-state index is -0.305. The molecule has 5 rings (SSSR count). The van der Waals surface area contributed by atoms with Crippen molar-refractivity contribution in [2.24, 2.45) is 0 Å². The van der Waals surface area contributed by atoms with Gasteiger partial charge in [0.05, 0.1) is 38.1 Å². The van der Waals surface area contributed by atoms with Crippen LogP contribution in [0.5, 0.6) is 5.75 Å². The van der Waals surface area contributed by atoms with E-state index in [0.29, 0.717) is 39.5 Å². The Bertz CT molecular complexity index is 1290. The van der Waals surface area contributed by atoms with E-state index >= 15 is 0 Å². The average molecular weight is 589 g/mol. The van der Waals surface area contributed by atoms with E-state index in [2.05, 4.69) is 41.3 Å². The first-order valence-electron chi connectivity index (χ1n) is 15.4. The second-order valence-electron chi connectivity index (χ2n) is 11.1. The van der Waals surface area contributed by atoms with Crippen LogP contribution in [0.1, 0.15) is 47.9 Å². The molecule has 0 aromatic heterocycles. The minimum absolute atomic E-state index is 0.158. The van der Waals surface area contributed by atoms with Gasteiger partial charge in [0, 0.05) is 39.3 Å². The lowest BCUT2D eigenvalue weighted by molar-refractivity contribution is -0.0246. The summed E-state index contributed by atoms with van der Waals surface area (Å²) < 4.78 is 29.1. The van der Waals surface area contributed by atoms with Crippen molar-refractivity contribution in [3.05, 3.63) is 95.1 Å². The fraction of sp³-hybridized carbons (Fsp3) is 0.457. The maximum atomic E-state index is 13.1. The van der Waals surface area contributed by atoms with Crippen LogP contribution in [0.15, 0.2) is 72.8 Å². The molecule has 0 radical (unpaired) electrons. The van der Waals surface area contributed by atoms with Gasteiger partial charge in [-0.2, -0.15) is 0 Å². The molecule has 2 unspecified atom stereocenters. The van der Waals surface area contributed by atoms with Gasteiger partial charge in [0.2, 0.25) is 0 Å². The van der Waals surface area contributed by atoms with Crippen LogP contribution in [-0.2, 0) is 38.8 Å². The second kappa shape index (κ2) is 15.8. The fourth-order valence-corrected chi connectivity index (χ4v) is 5.77. The zero-order chi connectivity index (χ0) is 29.9. The second-order valence-corrected chi connectivity index (χ2v) is 11.1. The Labute approximate surface area is 255 Å². The summed E-state index contributed by atoms with van der Waals surface area (Å²) in [6.07, 6.45) is 1.27. The number of fused-ring (bicyclic) bond motifs is 1. The summed E-state index contributed by atoms with van der Waals surface area (Å²) in [5.74, 6) is 1.06. The van der Waals surface area contributed by atoms with E-state index < -0.39 is 0 Å². The van der Waals surface area contributed by atoms with Gasteiger partial charge in [0.25, 0.3) is 0 Å². The Balaban J connectivity index is 1.28. The van der Waals surface area contributed by atoms with Crippen LogP contribution in [0.2, 0.25) is 0 Å². The van der Waals surface area contributed by atoms with Crippen molar-refractivity contribution >= 4 is 11.8 Å². The molecule has 0 spiro atoms. The lowest BCUT2D eigenvalue weighted by Crippen LogP contribution is -2.47. The van der Waals surface area contributed by atoms with Gasteiger partial charge in [-0.15, -0.1) is 0 Å². The van der Waals surface area contributed by atoms with Gasteiger partial charge in [-0.1, -0.05) is 60.7 Å². The first-order valence-corrected chi connectivity index (χ1v) is 15.4. The number of rotatable bonds is 13. The van der Waals surface area contributed by atoms with Crippen LogP contribution in [0.3, 0.4) is 0 Å². The number of anilines is 1. The number of ether oxygens (including phenoxy) is 5. The van der Waals surface area contributed by atoms with E-state index in [1.54, 1.807) is 12.0 Å². The molecule has 8 nitrogen and oxygen atoms in total. The van der Waals surface area contributed by atoms with Crippen molar-refractivity contribution in [3.8, 4) is 5.75 Å². The highest BCUT2D eigenvalue weighted by molar-refractivity contribution is 5.68. The molecular formula is C35H44N2O6. The largest absolute Gasteiger partial charge is 0.490 e. The highest BCUT2D eigenvalue weighted by atomic mass is 16.6. The van der Waals surface area contributed by atoms with Crippen LogP contribution in [0.4, 0.5) is 10.5 Å². The summed E-state index contributed by atoms with van der Waals surface area (Å²) in [6, 6.07) is 24.7. The van der Waals surface area contributed by atoms with E-state index in [-0.39, 0.29) is 24.7 Å². The first kappa shape index (κ1) is 30.9. The van der Waals surface area contributed by atoms with Gasteiger partial charge in [-0.25, -0.2) is 4.79 Å². The number of benzene rings is 3. The monoisotopic (exact) mass is 588 g/mol. The molecule has 1 fully saturated rings. The lowest BCUT2D eigenvalue weighted by Gasteiger charge is -2.38. The van der Waals surface area contributed by atoms with Gasteiger partial charge in [0.1, 0.15) is 19.0 Å². The molecule has 2 aliphatic heterocycles. The average Bonchev–Trinajstić information content (AvgIpc) is 3.06. The van der Waals surface area contributed by atoms with Gasteiger partial charge in [0.15, 0.2) is 0 Å². The number of piperidine rings is 1. The maximum absolute atomic E-state index is 13.1. The first-order chi connectivity index (χ1) is 21.1. The summed E-state index contributed by atoms with van der Waals surface area (Å²) in [7, 11) is 1.74. The normalized spacial score (nSPS) is 18.2. The van der Waals surface area contributed by atoms with Gasteiger partial charge >= 0.3 is 6.09 Å². The molecule has 0 bridgehead atoms. The summed E-state index contributed by atoms with van der Waals surface area (Å²) in [5, 5.41) is 0. The lowest BCUT2D eigenvalue weighted by atomic mass is 9.86. The maximum Gasteiger partial charge on any atom is 0.410 e. The van der Waals surface area contributed by atoms with Crippen molar-refractivity contribution in [2.45, 2.75) is 51.6 Å².